The minimum absolute atomic E-state index is 0.0328. The number of methoxy groups -OCH3 is 3. The van der Waals surface area contributed by atoms with E-state index >= 15 is 4.39 Å². The number of carbonyl (C=O) groups excluding carboxylic acids is 1. The second-order valence-electron chi connectivity index (χ2n) is 8.74. The van der Waals surface area contributed by atoms with Crippen LogP contribution < -0.4 is 33.6 Å². The minimum atomic E-state index is -6.02. The topological polar surface area (TPSA) is 168 Å². The molecule has 3 heterocycles. The van der Waals surface area contributed by atoms with Gasteiger partial charge in [0.15, 0.2) is 34.5 Å². The van der Waals surface area contributed by atoms with Crippen LogP contribution in [-0.2, 0) is 26.7 Å². The van der Waals surface area contributed by atoms with E-state index in [1.807, 2.05) is 0 Å². The summed E-state index contributed by atoms with van der Waals surface area (Å²) < 4.78 is 93.0. The van der Waals surface area contributed by atoms with Crippen molar-refractivity contribution in [1.29, 1.82) is 0 Å². The summed E-state index contributed by atoms with van der Waals surface area (Å²) in [4.78, 5) is 47.9. The molecule has 1 aliphatic rings. The normalized spacial score (nSPS) is 16.6. The molecule has 0 saturated carbocycles. The molecule has 0 fully saturated rings. The van der Waals surface area contributed by atoms with Crippen LogP contribution >= 0.6 is 7.82 Å². The molecule has 0 aliphatic carbocycles. The number of ether oxygens (including phenoxy) is 4. The molecular weight excluding hydrogens is 550 g/mol. The number of pyridine rings is 1. The Morgan fingerprint density at radius 2 is 1.80 bits per heavy atom. The molecule has 1 amide bonds. The fourth-order valence-corrected chi connectivity index (χ4v) is 3.90. The van der Waals surface area contributed by atoms with Crippen LogP contribution in [0.1, 0.15) is 43.5 Å². The molecule has 0 saturated heterocycles. The molecule has 2 aromatic heterocycles. The number of phosphoric acid groups is 1. The number of hydrogen-bond acceptors (Lipinski definition) is 12. The van der Waals surface area contributed by atoms with Crippen molar-refractivity contribution in [3.63, 3.8) is 0 Å². The molecule has 0 atom stereocenters. The van der Waals surface area contributed by atoms with Crippen molar-refractivity contribution >= 4 is 19.5 Å². The maximum atomic E-state index is 15.2. The lowest BCUT2D eigenvalue weighted by atomic mass is 10.1. The summed E-state index contributed by atoms with van der Waals surface area (Å²) in [6.45, 7) is -1.28. The molecule has 40 heavy (non-hydrogen) atoms. The van der Waals surface area contributed by atoms with Crippen molar-refractivity contribution in [3.8, 4) is 23.0 Å². The van der Waals surface area contributed by atoms with Crippen LogP contribution in [0.2, 0.25) is 0 Å². The molecule has 15 heteroatoms. The summed E-state index contributed by atoms with van der Waals surface area (Å²) in [6, 6.07) is 1.85. The van der Waals surface area contributed by atoms with Crippen LogP contribution in [0.5, 0.6) is 23.0 Å². The Morgan fingerprint density at radius 1 is 1.12 bits per heavy atom. The Labute approximate surface area is 236 Å². The van der Waals surface area contributed by atoms with Gasteiger partial charge in [0.2, 0.25) is 5.75 Å². The van der Waals surface area contributed by atoms with Gasteiger partial charge in [-0.1, -0.05) is 0 Å². The molecule has 3 aromatic rings. The second kappa shape index (κ2) is 11.3. The fraction of sp³-hybridized carbons (Fsp3) is 0.360. The highest BCUT2D eigenvalue weighted by Crippen LogP contribution is 2.39. The number of nitrogens with zero attached hydrogens (tertiary/aromatic N) is 4. The monoisotopic (exact) mass is 581 g/mol. The van der Waals surface area contributed by atoms with Crippen molar-refractivity contribution in [3.05, 3.63) is 59.0 Å². The number of carbonyl (C=O) groups is 1. The summed E-state index contributed by atoms with van der Waals surface area (Å²) in [5.41, 5.74) is -2.24. The predicted octanol–water partition coefficient (Wildman–Crippen LogP) is 1.52. The molecule has 214 valence electrons. The van der Waals surface area contributed by atoms with Crippen molar-refractivity contribution < 1.29 is 53.9 Å². The van der Waals surface area contributed by atoms with Gasteiger partial charge in [0.05, 0.1) is 47.9 Å². The first-order valence-corrected chi connectivity index (χ1v) is 12.9. The first kappa shape index (κ1) is 22.9. The van der Waals surface area contributed by atoms with Crippen molar-refractivity contribution in [1.82, 2.24) is 15.0 Å². The molecule has 0 radical (unpaired) electrons. The SMILES string of the molecule is [2H]c1nc(Cc2cc(OC)c(OC)c(OC)c2)nc(Cc2nc3c(c([2H])c2[2H])OC(C)(C)C(=O)N3C([2H])([2H])OP(=O)([O-])[O-])c1F. The van der Waals surface area contributed by atoms with Gasteiger partial charge in [0, 0.05) is 18.5 Å². The average molecular weight is 582 g/mol. The van der Waals surface area contributed by atoms with Crippen LogP contribution in [0.15, 0.2) is 30.4 Å². The average Bonchev–Trinajstić information content (AvgIpc) is 2.93. The second-order valence-corrected chi connectivity index (χ2v) is 9.82. The third-order valence-corrected chi connectivity index (χ3v) is 5.82. The molecule has 4 rings (SSSR count). The van der Waals surface area contributed by atoms with Crippen LogP contribution in [-0.4, -0.2) is 54.5 Å². The van der Waals surface area contributed by atoms with Gasteiger partial charge in [-0.2, -0.15) is 0 Å². The van der Waals surface area contributed by atoms with Gasteiger partial charge >= 0.3 is 0 Å². The molecule has 13 nitrogen and oxygen atoms in total. The lowest BCUT2D eigenvalue weighted by Crippen LogP contribution is -2.53. The van der Waals surface area contributed by atoms with E-state index in [1.165, 1.54) is 35.2 Å². The maximum absolute atomic E-state index is 15.2. The smallest absolute Gasteiger partial charge is 0.273 e. The zero-order chi connectivity index (χ0) is 33.6. The number of amides is 1. The number of rotatable bonds is 10. The van der Waals surface area contributed by atoms with Gasteiger partial charge in [0.1, 0.15) is 12.5 Å². The third kappa shape index (κ3) is 6.31. The molecule has 0 spiro atoms. The highest BCUT2D eigenvalue weighted by Gasteiger charge is 2.42. The Morgan fingerprint density at radius 3 is 2.40 bits per heavy atom. The van der Waals surface area contributed by atoms with E-state index in [0.29, 0.717) is 22.8 Å². The number of benzene rings is 1. The van der Waals surface area contributed by atoms with Crippen LogP contribution in [0.3, 0.4) is 0 Å². The summed E-state index contributed by atoms with van der Waals surface area (Å²) >= 11 is 0. The van der Waals surface area contributed by atoms with E-state index in [4.69, 9.17) is 25.8 Å². The lowest BCUT2D eigenvalue weighted by molar-refractivity contribution is -0.341. The zero-order valence-corrected chi connectivity index (χ0v) is 22.8. The molecule has 0 bridgehead atoms. The standard InChI is InChI=1S/C25H28FN4O9P/c1-25(2)24(31)30(13-38-40(32,33)34)23-18(39-25)7-6-15(28-23)11-17-16(26)12-27-21(29-17)10-14-8-19(35-3)22(37-5)20(9-14)36-4/h6-9,12H,10-11,13H2,1-5H3,(H2,32,33,34)/p-2/i6D,7D,12D,13D2. The van der Waals surface area contributed by atoms with E-state index < -0.39 is 79.5 Å². The quantitative estimate of drug-likeness (QED) is 0.317. The number of aromatic nitrogens is 3. The van der Waals surface area contributed by atoms with E-state index in [1.54, 1.807) is 12.1 Å². The summed E-state index contributed by atoms with van der Waals surface area (Å²) in [5.74, 6) is -2.89. The zero-order valence-electron chi connectivity index (χ0n) is 26.9. The number of fused-ring (bicyclic) bond motifs is 1. The van der Waals surface area contributed by atoms with Gasteiger partial charge in [-0.25, -0.2) is 19.3 Å². The first-order chi connectivity index (χ1) is 20.8. The van der Waals surface area contributed by atoms with Crippen LogP contribution in [0, 0.1) is 5.82 Å². The van der Waals surface area contributed by atoms with Gasteiger partial charge in [-0.15, -0.1) is 0 Å². The molecule has 0 N–H and O–H groups in total. The van der Waals surface area contributed by atoms with Crippen molar-refractivity contribution in [2.45, 2.75) is 32.3 Å². The maximum Gasteiger partial charge on any atom is 0.273 e. The minimum Gasteiger partial charge on any atom is -0.790 e. The fourth-order valence-electron chi connectivity index (χ4n) is 3.72. The van der Waals surface area contributed by atoms with E-state index in [2.05, 4.69) is 19.5 Å². The predicted molar refractivity (Wildman–Crippen MR) is 134 cm³/mol. The number of hydrogen-bond donors (Lipinski definition) is 0. The summed E-state index contributed by atoms with van der Waals surface area (Å²) in [6.07, 6.45) is -1.50. The van der Waals surface area contributed by atoms with E-state index in [-0.39, 0.29) is 17.1 Å². The lowest BCUT2D eigenvalue weighted by Gasteiger charge is -2.39. The third-order valence-electron chi connectivity index (χ3n) is 5.52. The molecular formula is C25H26FN4O9P-2. The van der Waals surface area contributed by atoms with E-state index in [9.17, 15) is 19.1 Å². The number of halogens is 1. The Hall–Kier alpha value is -3.84. The highest BCUT2D eigenvalue weighted by molar-refractivity contribution is 7.43. The van der Waals surface area contributed by atoms with Gasteiger partial charge in [0.25, 0.3) is 5.91 Å². The highest BCUT2D eigenvalue weighted by atomic mass is 31.2. The van der Waals surface area contributed by atoms with Crippen LogP contribution in [0.4, 0.5) is 10.2 Å². The van der Waals surface area contributed by atoms with Crippen molar-refractivity contribution in [2.24, 2.45) is 0 Å². The molecule has 0 unspecified atom stereocenters. The van der Waals surface area contributed by atoms with Gasteiger partial charge in [-0.05, 0) is 43.6 Å². The van der Waals surface area contributed by atoms with Gasteiger partial charge < -0.3 is 37.8 Å². The molecule has 1 aliphatic heterocycles. The van der Waals surface area contributed by atoms with Crippen LogP contribution in [0.25, 0.3) is 0 Å². The first-order valence-electron chi connectivity index (χ1n) is 13.9. The number of anilines is 1. The summed E-state index contributed by atoms with van der Waals surface area (Å²) in [7, 11) is -1.76. The Kier molecular flexibility index (Phi) is 6.50. The Balaban J connectivity index is 1.80. The largest absolute Gasteiger partial charge is 0.790 e. The number of phosphoric ester groups is 1. The molecule has 1 aromatic carbocycles. The summed E-state index contributed by atoms with van der Waals surface area (Å²) in [5, 5.41) is 0. The Bertz CT molecular complexity index is 1700. The van der Waals surface area contributed by atoms with Gasteiger partial charge in [-0.3, -0.25) is 9.69 Å². The van der Waals surface area contributed by atoms with E-state index in [0.717, 1.165) is 0 Å². The van der Waals surface area contributed by atoms with Crippen molar-refractivity contribution in [2.75, 3.05) is 32.9 Å².